The van der Waals surface area contributed by atoms with Crippen molar-refractivity contribution in [3.63, 3.8) is 0 Å². The van der Waals surface area contributed by atoms with Crippen molar-refractivity contribution in [2.24, 2.45) is 0 Å². The van der Waals surface area contributed by atoms with Crippen LogP contribution in [0.4, 0.5) is 0 Å². The van der Waals surface area contributed by atoms with E-state index in [9.17, 15) is 4.79 Å². The van der Waals surface area contributed by atoms with E-state index in [1.54, 1.807) is 14.2 Å². The van der Waals surface area contributed by atoms with Crippen LogP contribution in [0.1, 0.15) is 51.8 Å². The van der Waals surface area contributed by atoms with E-state index in [-0.39, 0.29) is 11.9 Å². The smallest absolute Gasteiger partial charge is 0.272 e. The van der Waals surface area contributed by atoms with Crippen molar-refractivity contribution in [2.75, 3.05) is 14.2 Å². The van der Waals surface area contributed by atoms with E-state index < -0.39 is 0 Å². The number of nitrogens with one attached hydrogen (secondary N) is 2. The lowest BCUT2D eigenvalue weighted by molar-refractivity contribution is 0.0930. The second-order valence-electron chi connectivity index (χ2n) is 6.35. The van der Waals surface area contributed by atoms with Crippen LogP contribution in [0, 0.1) is 0 Å². The van der Waals surface area contributed by atoms with Gasteiger partial charge in [0, 0.05) is 11.3 Å². The number of ether oxygens (including phenoxy) is 2. The molecule has 0 fully saturated rings. The van der Waals surface area contributed by atoms with E-state index in [4.69, 9.17) is 9.47 Å². The summed E-state index contributed by atoms with van der Waals surface area (Å²) in [7, 11) is 3.26. The Labute approximate surface area is 140 Å². The van der Waals surface area contributed by atoms with Crippen LogP contribution >= 0.6 is 0 Å². The molecule has 0 saturated carbocycles. The van der Waals surface area contributed by atoms with Gasteiger partial charge in [-0.3, -0.25) is 9.89 Å². The third-order valence-electron chi connectivity index (χ3n) is 5.05. The molecule has 1 atom stereocenters. The molecule has 1 aromatic carbocycles. The van der Waals surface area contributed by atoms with Crippen LogP contribution in [0.15, 0.2) is 12.1 Å². The van der Waals surface area contributed by atoms with E-state index in [0.29, 0.717) is 11.4 Å². The maximum atomic E-state index is 12.7. The van der Waals surface area contributed by atoms with Gasteiger partial charge in [-0.15, -0.1) is 0 Å². The first-order valence-electron chi connectivity index (χ1n) is 8.33. The average Bonchev–Trinajstić information content (AvgIpc) is 3.29. The van der Waals surface area contributed by atoms with Gasteiger partial charge in [-0.1, -0.05) is 0 Å². The zero-order valence-corrected chi connectivity index (χ0v) is 13.9. The van der Waals surface area contributed by atoms with Gasteiger partial charge in [0.15, 0.2) is 17.2 Å². The predicted octanol–water partition coefficient (Wildman–Crippen LogP) is 2.33. The van der Waals surface area contributed by atoms with Gasteiger partial charge in [-0.2, -0.15) is 5.10 Å². The summed E-state index contributed by atoms with van der Waals surface area (Å²) in [6, 6.07) is 3.97. The largest absolute Gasteiger partial charge is 0.493 e. The number of rotatable bonds is 4. The number of nitrogens with zero attached hydrogens (tertiary/aromatic N) is 1. The Morgan fingerprint density at radius 3 is 2.79 bits per heavy atom. The van der Waals surface area contributed by atoms with Crippen LogP contribution in [0.5, 0.6) is 11.5 Å². The molecule has 1 heterocycles. The number of benzene rings is 1. The van der Waals surface area contributed by atoms with Crippen LogP contribution in [0.3, 0.4) is 0 Å². The third-order valence-corrected chi connectivity index (χ3v) is 5.05. The van der Waals surface area contributed by atoms with Gasteiger partial charge in [0.05, 0.1) is 20.3 Å². The number of hydrogen-bond acceptors (Lipinski definition) is 4. The van der Waals surface area contributed by atoms with Crippen molar-refractivity contribution in [3.05, 3.63) is 40.2 Å². The molecule has 0 aliphatic heterocycles. The molecule has 0 saturated heterocycles. The molecule has 126 valence electrons. The molecule has 24 heavy (non-hydrogen) atoms. The van der Waals surface area contributed by atoms with Crippen molar-refractivity contribution in [3.8, 4) is 11.5 Å². The number of fused-ring (bicyclic) bond motifs is 2. The number of hydrogen-bond donors (Lipinski definition) is 2. The highest BCUT2D eigenvalue weighted by molar-refractivity contribution is 5.94. The van der Waals surface area contributed by atoms with Crippen molar-refractivity contribution in [1.82, 2.24) is 15.5 Å². The van der Waals surface area contributed by atoms with Gasteiger partial charge in [-0.05, 0) is 55.4 Å². The number of methoxy groups -OCH3 is 2. The van der Waals surface area contributed by atoms with E-state index in [0.717, 1.165) is 54.7 Å². The fourth-order valence-corrected chi connectivity index (χ4v) is 3.82. The Morgan fingerprint density at radius 1 is 1.21 bits per heavy atom. The van der Waals surface area contributed by atoms with Crippen molar-refractivity contribution in [2.45, 2.75) is 38.1 Å². The number of aromatic nitrogens is 2. The molecule has 0 spiro atoms. The highest BCUT2D eigenvalue weighted by atomic mass is 16.5. The maximum Gasteiger partial charge on any atom is 0.272 e. The molecule has 0 bridgehead atoms. The molecule has 2 aliphatic rings. The summed E-state index contributed by atoms with van der Waals surface area (Å²) in [5, 5.41) is 10.4. The topological polar surface area (TPSA) is 76.2 Å². The number of carbonyl (C=O) groups excluding carboxylic acids is 1. The first-order chi connectivity index (χ1) is 11.7. The summed E-state index contributed by atoms with van der Waals surface area (Å²) in [4.78, 5) is 12.7. The van der Waals surface area contributed by atoms with Gasteiger partial charge in [0.1, 0.15) is 0 Å². The first kappa shape index (κ1) is 15.1. The minimum Gasteiger partial charge on any atom is -0.493 e. The van der Waals surface area contributed by atoms with Crippen molar-refractivity contribution < 1.29 is 14.3 Å². The number of amides is 1. The van der Waals surface area contributed by atoms with Crippen LogP contribution < -0.4 is 14.8 Å². The lowest BCUT2D eigenvalue weighted by Gasteiger charge is -2.16. The molecule has 0 radical (unpaired) electrons. The Morgan fingerprint density at radius 2 is 2.00 bits per heavy atom. The standard InChI is InChI=1S/C18H21N3O3/c1-23-15-8-10-6-7-13(12(10)9-16(15)24-2)19-18(22)17-11-4-3-5-14(11)20-21-17/h8-9,13H,3-7H2,1-2H3,(H,19,22)(H,20,21)/t13-/m0/s1. The van der Waals surface area contributed by atoms with E-state index in [1.807, 2.05) is 12.1 Å². The molecular formula is C18H21N3O3. The molecule has 4 rings (SSSR count). The molecule has 6 heteroatoms. The minimum atomic E-state index is -0.0953. The van der Waals surface area contributed by atoms with E-state index >= 15 is 0 Å². The summed E-state index contributed by atoms with van der Waals surface area (Å²) in [5.74, 6) is 1.33. The third kappa shape index (κ3) is 2.33. The van der Waals surface area contributed by atoms with E-state index in [1.165, 1.54) is 5.56 Å². The predicted molar refractivity (Wildman–Crippen MR) is 88.7 cm³/mol. The summed E-state index contributed by atoms with van der Waals surface area (Å²) in [6.45, 7) is 0. The fraction of sp³-hybridized carbons (Fsp3) is 0.444. The van der Waals surface area contributed by atoms with Crippen LogP contribution in [0.25, 0.3) is 0 Å². The van der Waals surface area contributed by atoms with E-state index in [2.05, 4.69) is 15.5 Å². The highest BCUT2D eigenvalue weighted by Crippen LogP contribution is 2.39. The van der Waals surface area contributed by atoms with Crippen LogP contribution in [0.2, 0.25) is 0 Å². The van der Waals surface area contributed by atoms with Gasteiger partial charge in [-0.25, -0.2) is 0 Å². The summed E-state index contributed by atoms with van der Waals surface area (Å²) in [6.07, 6.45) is 4.80. The monoisotopic (exact) mass is 327 g/mol. The lowest BCUT2D eigenvalue weighted by Crippen LogP contribution is -2.28. The van der Waals surface area contributed by atoms with Crippen LogP contribution in [-0.2, 0) is 19.3 Å². The Bertz CT molecular complexity index is 797. The molecule has 2 aliphatic carbocycles. The summed E-state index contributed by atoms with van der Waals surface area (Å²) < 4.78 is 10.8. The van der Waals surface area contributed by atoms with Gasteiger partial charge < -0.3 is 14.8 Å². The molecule has 1 aromatic heterocycles. The quantitative estimate of drug-likeness (QED) is 0.904. The maximum absolute atomic E-state index is 12.7. The Kier molecular flexibility index (Phi) is 3.67. The first-order valence-corrected chi connectivity index (χ1v) is 8.33. The minimum absolute atomic E-state index is 0.0129. The Balaban J connectivity index is 1.58. The SMILES string of the molecule is COc1cc2c(cc1OC)[C@@H](NC(=O)c1n[nH]c3c1CCC3)CC2. The number of carbonyl (C=O) groups is 1. The number of aromatic amines is 1. The zero-order valence-electron chi connectivity index (χ0n) is 13.9. The number of H-pyrrole nitrogens is 1. The second kappa shape index (κ2) is 5.85. The highest BCUT2D eigenvalue weighted by Gasteiger charge is 2.29. The lowest BCUT2D eigenvalue weighted by atomic mass is 10.1. The van der Waals surface area contributed by atoms with Gasteiger partial charge in [0.2, 0.25) is 0 Å². The molecular weight excluding hydrogens is 306 g/mol. The van der Waals surface area contributed by atoms with Crippen molar-refractivity contribution >= 4 is 5.91 Å². The summed E-state index contributed by atoms with van der Waals surface area (Å²) in [5.41, 5.74) is 5.05. The summed E-state index contributed by atoms with van der Waals surface area (Å²) >= 11 is 0. The molecule has 2 aromatic rings. The van der Waals surface area contributed by atoms with Gasteiger partial charge in [0.25, 0.3) is 5.91 Å². The van der Waals surface area contributed by atoms with Crippen molar-refractivity contribution in [1.29, 1.82) is 0 Å². The Hall–Kier alpha value is -2.50. The second-order valence-corrected chi connectivity index (χ2v) is 6.35. The molecule has 0 unspecified atom stereocenters. The average molecular weight is 327 g/mol. The fourth-order valence-electron chi connectivity index (χ4n) is 3.82. The molecule has 2 N–H and O–H groups in total. The van der Waals surface area contributed by atoms with Crippen LogP contribution in [-0.4, -0.2) is 30.3 Å². The molecule has 1 amide bonds. The molecule has 6 nitrogen and oxygen atoms in total. The zero-order chi connectivity index (χ0) is 16.7. The number of aryl methyl sites for hydroxylation is 2. The normalized spacial score (nSPS) is 18.2. The van der Waals surface area contributed by atoms with Gasteiger partial charge >= 0.3 is 0 Å².